The molecule has 0 radical (unpaired) electrons. The van der Waals surface area contributed by atoms with E-state index in [1.807, 2.05) is 13.2 Å². The Kier molecular flexibility index (Phi) is 4.57. The first-order valence-corrected chi connectivity index (χ1v) is 6.84. The first-order valence-electron chi connectivity index (χ1n) is 5.85. The number of nitrogens with zero attached hydrogens (tertiary/aromatic N) is 2. The highest BCUT2D eigenvalue weighted by atomic mass is 32.2. The normalized spacial score (nSPS) is 11.1. The van der Waals surface area contributed by atoms with Crippen LogP contribution in [0.4, 0.5) is 4.39 Å². The van der Waals surface area contributed by atoms with Crippen LogP contribution in [0, 0.1) is 5.82 Å². The SMILES string of the molecule is Cn1cc(SCc2ccc(C=CC(=O)O)cc2F)cn1. The summed E-state index contributed by atoms with van der Waals surface area (Å²) < 4.78 is 15.6. The van der Waals surface area contributed by atoms with E-state index < -0.39 is 5.97 Å². The van der Waals surface area contributed by atoms with Gasteiger partial charge >= 0.3 is 5.97 Å². The molecule has 20 heavy (non-hydrogen) atoms. The van der Waals surface area contributed by atoms with Gasteiger partial charge in [-0.1, -0.05) is 12.1 Å². The zero-order valence-corrected chi connectivity index (χ0v) is 11.6. The van der Waals surface area contributed by atoms with Crippen LogP contribution in [-0.2, 0) is 17.6 Å². The van der Waals surface area contributed by atoms with Crippen molar-refractivity contribution in [1.82, 2.24) is 9.78 Å². The Morgan fingerprint density at radius 3 is 2.95 bits per heavy atom. The summed E-state index contributed by atoms with van der Waals surface area (Å²) in [5.74, 6) is -0.893. The molecule has 1 heterocycles. The van der Waals surface area contributed by atoms with E-state index in [0.29, 0.717) is 16.9 Å². The van der Waals surface area contributed by atoms with Crippen LogP contribution in [0.15, 0.2) is 41.6 Å². The molecule has 0 atom stereocenters. The maximum atomic E-state index is 13.9. The Hall–Kier alpha value is -2.08. The van der Waals surface area contributed by atoms with E-state index in [-0.39, 0.29) is 5.82 Å². The molecule has 0 amide bonds. The van der Waals surface area contributed by atoms with Gasteiger partial charge in [-0.05, 0) is 23.3 Å². The Bertz CT molecular complexity index is 652. The van der Waals surface area contributed by atoms with Gasteiger partial charge in [-0.15, -0.1) is 11.8 Å². The fourth-order valence-electron chi connectivity index (χ4n) is 1.59. The van der Waals surface area contributed by atoms with Gasteiger partial charge < -0.3 is 5.11 Å². The van der Waals surface area contributed by atoms with Gasteiger partial charge in [0.25, 0.3) is 0 Å². The van der Waals surface area contributed by atoms with Crippen molar-refractivity contribution in [2.45, 2.75) is 10.6 Å². The molecule has 1 aromatic heterocycles. The summed E-state index contributed by atoms with van der Waals surface area (Å²) in [5.41, 5.74) is 1.10. The average molecular weight is 292 g/mol. The number of aromatic nitrogens is 2. The molecule has 6 heteroatoms. The van der Waals surface area contributed by atoms with E-state index in [1.165, 1.54) is 23.9 Å². The zero-order chi connectivity index (χ0) is 14.5. The molecule has 1 N–H and O–H groups in total. The number of rotatable bonds is 5. The number of thioether (sulfide) groups is 1. The molecule has 0 unspecified atom stereocenters. The minimum atomic E-state index is -1.05. The lowest BCUT2D eigenvalue weighted by atomic mass is 10.1. The lowest BCUT2D eigenvalue weighted by Gasteiger charge is -2.03. The second-order valence-electron chi connectivity index (χ2n) is 4.16. The number of aliphatic carboxylic acids is 1. The van der Waals surface area contributed by atoms with Crippen LogP contribution in [0.2, 0.25) is 0 Å². The maximum Gasteiger partial charge on any atom is 0.328 e. The summed E-state index contributed by atoms with van der Waals surface area (Å²) in [6.07, 6.45) is 5.95. The molecule has 0 bridgehead atoms. The van der Waals surface area contributed by atoms with Crippen LogP contribution < -0.4 is 0 Å². The molecule has 104 valence electrons. The van der Waals surface area contributed by atoms with Gasteiger partial charge in [-0.2, -0.15) is 5.10 Å². The Labute approximate surface area is 119 Å². The molecule has 0 saturated heterocycles. The van der Waals surface area contributed by atoms with Gasteiger partial charge in [0.15, 0.2) is 0 Å². The number of carboxylic acid groups (broad SMARTS) is 1. The van der Waals surface area contributed by atoms with Gasteiger partial charge in [0.05, 0.1) is 6.20 Å². The van der Waals surface area contributed by atoms with E-state index in [2.05, 4.69) is 5.10 Å². The minimum absolute atomic E-state index is 0.339. The predicted molar refractivity (Wildman–Crippen MR) is 75.8 cm³/mol. The number of hydrogen-bond acceptors (Lipinski definition) is 3. The van der Waals surface area contributed by atoms with Gasteiger partial charge in [-0.3, -0.25) is 4.68 Å². The molecule has 0 spiro atoms. The van der Waals surface area contributed by atoms with E-state index in [9.17, 15) is 9.18 Å². The molecular formula is C14H13FN2O2S. The van der Waals surface area contributed by atoms with Crippen LogP contribution in [0.5, 0.6) is 0 Å². The van der Waals surface area contributed by atoms with Gasteiger partial charge in [0, 0.05) is 30.0 Å². The van der Waals surface area contributed by atoms with Crippen LogP contribution in [0.25, 0.3) is 6.08 Å². The van der Waals surface area contributed by atoms with Gasteiger partial charge in [0.1, 0.15) is 5.82 Å². The minimum Gasteiger partial charge on any atom is -0.478 e. The highest BCUT2D eigenvalue weighted by molar-refractivity contribution is 7.98. The predicted octanol–water partition coefficient (Wildman–Crippen LogP) is 2.95. The van der Waals surface area contributed by atoms with E-state index in [1.54, 1.807) is 23.0 Å². The first kappa shape index (κ1) is 14.3. The fraction of sp³-hybridized carbons (Fsp3) is 0.143. The second kappa shape index (κ2) is 6.38. The lowest BCUT2D eigenvalue weighted by Crippen LogP contribution is -1.90. The van der Waals surface area contributed by atoms with Crippen molar-refractivity contribution in [3.63, 3.8) is 0 Å². The van der Waals surface area contributed by atoms with E-state index in [4.69, 9.17) is 5.11 Å². The summed E-state index contributed by atoms with van der Waals surface area (Å²) in [4.78, 5) is 11.4. The number of hydrogen-bond donors (Lipinski definition) is 1. The summed E-state index contributed by atoms with van der Waals surface area (Å²) in [7, 11) is 1.83. The largest absolute Gasteiger partial charge is 0.478 e. The van der Waals surface area contributed by atoms with Crippen molar-refractivity contribution in [3.8, 4) is 0 Å². The number of halogens is 1. The number of benzene rings is 1. The third-order valence-corrected chi connectivity index (χ3v) is 3.57. The smallest absolute Gasteiger partial charge is 0.328 e. The van der Waals surface area contributed by atoms with Crippen molar-refractivity contribution in [1.29, 1.82) is 0 Å². The third kappa shape index (κ3) is 3.96. The number of carboxylic acids is 1. The van der Waals surface area contributed by atoms with Crippen LogP contribution in [0.1, 0.15) is 11.1 Å². The van der Waals surface area contributed by atoms with Crippen LogP contribution in [-0.4, -0.2) is 20.9 Å². The number of carbonyl (C=O) groups is 1. The molecule has 1 aromatic carbocycles. The molecule has 0 aliphatic heterocycles. The van der Waals surface area contributed by atoms with Crippen molar-refractivity contribution in [2.75, 3.05) is 0 Å². The molecule has 0 aliphatic carbocycles. The van der Waals surface area contributed by atoms with Gasteiger partial charge in [0.2, 0.25) is 0 Å². The summed E-state index contributed by atoms with van der Waals surface area (Å²) in [6.45, 7) is 0. The third-order valence-electron chi connectivity index (χ3n) is 2.57. The Balaban J connectivity index is 2.04. The maximum absolute atomic E-state index is 13.9. The van der Waals surface area contributed by atoms with Crippen molar-refractivity contribution in [3.05, 3.63) is 53.6 Å². The van der Waals surface area contributed by atoms with Gasteiger partial charge in [-0.25, -0.2) is 9.18 Å². The van der Waals surface area contributed by atoms with Crippen LogP contribution in [0.3, 0.4) is 0 Å². The Morgan fingerprint density at radius 1 is 1.55 bits per heavy atom. The number of aryl methyl sites for hydroxylation is 1. The summed E-state index contributed by atoms with van der Waals surface area (Å²) in [5, 5.41) is 12.6. The molecule has 0 aliphatic rings. The first-order chi connectivity index (χ1) is 9.54. The quantitative estimate of drug-likeness (QED) is 0.680. The highest BCUT2D eigenvalue weighted by Crippen LogP contribution is 2.24. The average Bonchev–Trinajstić information content (AvgIpc) is 2.81. The molecule has 2 aromatic rings. The lowest BCUT2D eigenvalue weighted by molar-refractivity contribution is -0.131. The second-order valence-corrected chi connectivity index (χ2v) is 5.21. The zero-order valence-electron chi connectivity index (χ0n) is 10.8. The van der Waals surface area contributed by atoms with Crippen molar-refractivity contribution < 1.29 is 14.3 Å². The van der Waals surface area contributed by atoms with E-state index >= 15 is 0 Å². The topological polar surface area (TPSA) is 55.1 Å². The molecule has 0 saturated carbocycles. The summed E-state index contributed by atoms with van der Waals surface area (Å²) in [6, 6.07) is 4.69. The highest BCUT2D eigenvalue weighted by Gasteiger charge is 2.05. The van der Waals surface area contributed by atoms with Crippen molar-refractivity contribution in [2.24, 2.45) is 7.05 Å². The Morgan fingerprint density at radius 2 is 2.35 bits per heavy atom. The van der Waals surface area contributed by atoms with Crippen LogP contribution >= 0.6 is 11.8 Å². The molecule has 4 nitrogen and oxygen atoms in total. The fourth-order valence-corrected chi connectivity index (χ4v) is 2.49. The molecule has 2 rings (SSSR count). The summed E-state index contributed by atoms with van der Waals surface area (Å²) >= 11 is 1.50. The molecular weight excluding hydrogens is 279 g/mol. The standard InChI is InChI=1S/C14H13FN2O2S/c1-17-8-12(7-16-17)20-9-11-4-2-10(6-13(11)15)3-5-14(18)19/h2-8H,9H2,1H3,(H,18,19). The van der Waals surface area contributed by atoms with E-state index in [0.717, 1.165) is 11.0 Å². The van der Waals surface area contributed by atoms with Crippen molar-refractivity contribution >= 4 is 23.8 Å². The molecule has 0 fully saturated rings. The monoisotopic (exact) mass is 292 g/mol.